The summed E-state index contributed by atoms with van der Waals surface area (Å²) >= 11 is 0. The van der Waals surface area contributed by atoms with Crippen molar-refractivity contribution >= 4 is 6.29 Å². The molecule has 0 fully saturated rings. The van der Waals surface area contributed by atoms with Crippen LogP contribution in [0.5, 0.6) is 5.75 Å². The first kappa shape index (κ1) is 12.6. The number of carbonyl (C=O) groups is 1. The average Bonchev–Trinajstić information content (AvgIpc) is 2.25. The van der Waals surface area contributed by atoms with Gasteiger partial charge in [0.2, 0.25) is 0 Å². The molecule has 0 radical (unpaired) electrons. The summed E-state index contributed by atoms with van der Waals surface area (Å²) in [4.78, 5) is 10.3. The number of carbonyl (C=O) groups excluding carboxylic acids is 1. The van der Waals surface area contributed by atoms with Crippen LogP contribution in [0.15, 0.2) is 12.1 Å². The highest BCUT2D eigenvalue weighted by molar-refractivity contribution is 5.51. The molecule has 1 atom stereocenters. The quantitative estimate of drug-likeness (QED) is 0.724. The molecular formula is C12H14F2O2. The molecule has 0 saturated heterocycles. The van der Waals surface area contributed by atoms with Gasteiger partial charge in [0.05, 0.1) is 7.11 Å². The van der Waals surface area contributed by atoms with Gasteiger partial charge in [-0.05, 0) is 36.6 Å². The van der Waals surface area contributed by atoms with E-state index in [-0.39, 0.29) is 17.7 Å². The molecule has 0 aliphatic rings. The van der Waals surface area contributed by atoms with Crippen LogP contribution in [0, 0.1) is 5.82 Å². The summed E-state index contributed by atoms with van der Waals surface area (Å²) in [6.45, 7) is 1.34. The fraction of sp³-hybridized carbons (Fsp3) is 0.417. The minimum atomic E-state index is -1.24. The van der Waals surface area contributed by atoms with Crippen molar-refractivity contribution in [2.24, 2.45) is 0 Å². The summed E-state index contributed by atoms with van der Waals surface area (Å²) in [5.41, 5.74) is 0.785. The van der Waals surface area contributed by atoms with E-state index in [0.717, 1.165) is 12.4 Å². The highest BCUT2D eigenvalue weighted by Crippen LogP contribution is 2.29. The van der Waals surface area contributed by atoms with E-state index >= 15 is 0 Å². The molecule has 1 aromatic rings. The van der Waals surface area contributed by atoms with E-state index in [0.29, 0.717) is 12.0 Å². The Morgan fingerprint density at radius 1 is 1.50 bits per heavy atom. The second-order valence-electron chi connectivity index (χ2n) is 3.52. The maximum Gasteiger partial charge on any atom is 0.165 e. The number of hydrogen-bond acceptors (Lipinski definition) is 2. The van der Waals surface area contributed by atoms with Crippen LogP contribution < -0.4 is 4.74 Å². The van der Waals surface area contributed by atoms with Gasteiger partial charge in [-0.2, -0.15) is 0 Å². The molecule has 0 saturated carbocycles. The van der Waals surface area contributed by atoms with Gasteiger partial charge < -0.3 is 9.53 Å². The predicted octanol–water partition coefficient (Wildman–Crippen LogP) is 3.00. The third kappa shape index (κ3) is 2.78. The second-order valence-corrected chi connectivity index (χ2v) is 3.52. The number of ether oxygens (including phenoxy) is 1. The van der Waals surface area contributed by atoms with Gasteiger partial charge in [-0.1, -0.05) is 0 Å². The lowest BCUT2D eigenvalue weighted by atomic mass is 10.0. The minimum Gasteiger partial charge on any atom is -0.493 e. The van der Waals surface area contributed by atoms with Gasteiger partial charge in [-0.25, -0.2) is 8.78 Å². The zero-order chi connectivity index (χ0) is 12.1. The van der Waals surface area contributed by atoms with Crippen molar-refractivity contribution in [1.82, 2.24) is 0 Å². The SMILES string of the molecule is COc1c(F)cc(C(C)F)cc1CCC=O. The third-order valence-electron chi connectivity index (χ3n) is 2.34. The minimum absolute atomic E-state index is 0.0891. The number of hydrogen-bond donors (Lipinski definition) is 0. The van der Waals surface area contributed by atoms with E-state index in [1.54, 1.807) is 0 Å². The van der Waals surface area contributed by atoms with E-state index in [2.05, 4.69) is 0 Å². The molecule has 0 aromatic heterocycles. The molecule has 4 heteroatoms. The summed E-state index contributed by atoms with van der Waals surface area (Å²) < 4.78 is 31.5. The number of benzene rings is 1. The van der Waals surface area contributed by atoms with Crippen LogP contribution in [0.4, 0.5) is 8.78 Å². The molecule has 16 heavy (non-hydrogen) atoms. The molecule has 0 bridgehead atoms. The average molecular weight is 228 g/mol. The highest BCUT2D eigenvalue weighted by atomic mass is 19.1. The van der Waals surface area contributed by atoms with Crippen LogP contribution in [0.3, 0.4) is 0 Å². The van der Waals surface area contributed by atoms with Gasteiger partial charge in [0.15, 0.2) is 11.6 Å². The van der Waals surface area contributed by atoms with Gasteiger partial charge in [0.25, 0.3) is 0 Å². The van der Waals surface area contributed by atoms with Crippen LogP contribution in [-0.2, 0) is 11.2 Å². The Labute approximate surface area is 93.2 Å². The Bertz CT molecular complexity index is 376. The fourth-order valence-corrected chi connectivity index (χ4v) is 1.53. The Morgan fingerprint density at radius 3 is 2.69 bits per heavy atom. The fourth-order valence-electron chi connectivity index (χ4n) is 1.53. The van der Waals surface area contributed by atoms with Crippen LogP contribution in [-0.4, -0.2) is 13.4 Å². The van der Waals surface area contributed by atoms with E-state index in [4.69, 9.17) is 4.74 Å². The van der Waals surface area contributed by atoms with Crippen molar-refractivity contribution in [3.8, 4) is 5.75 Å². The maximum absolute atomic E-state index is 13.5. The van der Waals surface area contributed by atoms with Gasteiger partial charge >= 0.3 is 0 Å². The zero-order valence-corrected chi connectivity index (χ0v) is 9.30. The van der Waals surface area contributed by atoms with Crippen LogP contribution in [0.1, 0.15) is 30.6 Å². The second kappa shape index (κ2) is 5.58. The molecule has 0 amide bonds. The number of alkyl halides is 1. The normalized spacial score (nSPS) is 12.2. The summed E-state index contributed by atoms with van der Waals surface area (Å²) in [5.74, 6) is -0.503. The highest BCUT2D eigenvalue weighted by Gasteiger charge is 2.14. The summed E-state index contributed by atoms with van der Waals surface area (Å²) in [6.07, 6.45) is 0.114. The summed E-state index contributed by atoms with van der Waals surface area (Å²) in [5, 5.41) is 0. The molecule has 0 aliphatic heterocycles. The van der Waals surface area contributed by atoms with Crippen LogP contribution in [0.2, 0.25) is 0 Å². The lowest BCUT2D eigenvalue weighted by molar-refractivity contribution is -0.107. The van der Waals surface area contributed by atoms with Gasteiger partial charge in [0.1, 0.15) is 12.5 Å². The first-order chi connectivity index (χ1) is 7.60. The van der Waals surface area contributed by atoms with Crippen molar-refractivity contribution in [2.75, 3.05) is 7.11 Å². The van der Waals surface area contributed by atoms with Crippen molar-refractivity contribution < 1.29 is 18.3 Å². The Kier molecular flexibility index (Phi) is 4.40. The molecule has 88 valence electrons. The topological polar surface area (TPSA) is 26.3 Å². The van der Waals surface area contributed by atoms with Crippen LogP contribution >= 0.6 is 0 Å². The molecule has 0 heterocycles. The van der Waals surface area contributed by atoms with Crippen LogP contribution in [0.25, 0.3) is 0 Å². The number of aldehydes is 1. The number of aryl methyl sites for hydroxylation is 1. The molecule has 1 rings (SSSR count). The molecule has 0 N–H and O–H groups in total. The third-order valence-corrected chi connectivity index (χ3v) is 2.34. The molecule has 0 aliphatic carbocycles. The van der Waals surface area contributed by atoms with Crippen molar-refractivity contribution in [3.63, 3.8) is 0 Å². The smallest absolute Gasteiger partial charge is 0.165 e. The van der Waals surface area contributed by atoms with Crippen molar-refractivity contribution in [2.45, 2.75) is 25.9 Å². The Balaban J connectivity index is 3.13. The van der Waals surface area contributed by atoms with E-state index < -0.39 is 12.0 Å². The number of halogens is 2. The molecule has 1 aromatic carbocycles. The van der Waals surface area contributed by atoms with E-state index in [1.807, 2.05) is 0 Å². The number of methoxy groups -OCH3 is 1. The largest absolute Gasteiger partial charge is 0.493 e. The van der Waals surface area contributed by atoms with Crippen molar-refractivity contribution in [1.29, 1.82) is 0 Å². The molecule has 1 unspecified atom stereocenters. The number of rotatable bonds is 5. The first-order valence-electron chi connectivity index (χ1n) is 5.04. The monoisotopic (exact) mass is 228 g/mol. The first-order valence-corrected chi connectivity index (χ1v) is 5.04. The van der Waals surface area contributed by atoms with Gasteiger partial charge in [-0.15, -0.1) is 0 Å². The van der Waals surface area contributed by atoms with Gasteiger partial charge in [0, 0.05) is 6.42 Å². The molecule has 0 spiro atoms. The maximum atomic E-state index is 13.5. The zero-order valence-electron chi connectivity index (χ0n) is 9.30. The predicted molar refractivity (Wildman–Crippen MR) is 56.9 cm³/mol. The Morgan fingerprint density at radius 2 is 2.19 bits per heavy atom. The van der Waals surface area contributed by atoms with E-state index in [1.165, 1.54) is 20.1 Å². The standard InChI is InChI=1S/C12H14F2O2/c1-8(13)10-6-9(4-3-5-15)12(16-2)11(14)7-10/h5-8H,3-4H2,1-2H3. The van der Waals surface area contributed by atoms with Gasteiger partial charge in [-0.3, -0.25) is 0 Å². The van der Waals surface area contributed by atoms with E-state index in [9.17, 15) is 13.6 Å². The molecular weight excluding hydrogens is 214 g/mol. The lowest BCUT2D eigenvalue weighted by Crippen LogP contribution is -1.99. The van der Waals surface area contributed by atoms with Crippen molar-refractivity contribution in [3.05, 3.63) is 29.1 Å². The Hall–Kier alpha value is -1.45. The summed E-state index contributed by atoms with van der Waals surface area (Å²) in [7, 11) is 1.35. The molecule has 2 nitrogen and oxygen atoms in total. The summed E-state index contributed by atoms with van der Waals surface area (Å²) in [6, 6.07) is 2.66. The lowest BCUT2D eigenvalue weighted by Gasteiger charge is -2.11.